The average molecular weight is 269 g/mol. The van der Waals surface area contributed by atoms with Gasteiger partial charge in [-0.05, 0) is 29.5 Å². The summed E-state index contributed by atoms with van der Waals surface area (Å²) in [5.41, 5.74) is 5.60. The number of hydrogen-bond donors (Lipinski definition) is 1. The van der Waals surface area contributed by atoms with E-state index in [0.29, 0.717) is 5.92 Å². The second kappa shape index (κ2) is 7.90. The van der Waals surface area contributed by atoms with Crippen molar-refractivity contribution >= 4 is 18.2 Å². The number of nitriles is 1. The van der Waals surface area contributed by atoms with Crippen molar-refractivity contribution in [1.29, 1.82) is 5.26 Å². The molecule has 0 aliphatic rings. The summed E-state index contributed by atoms with van der Waals surface area (Å²) in [6.07, 6.45) is 3.35. The van der Waals surface area contributed by atoms with Gasteiger partial charge in [0.25, 0.3) is 5.91 Å². The van der Waals surface area contributed by atoms with E-state index in [4.69, 9.17) is 5.26 Å². The third kappa shape index (κ3) is 5.49. The zero-order chi connectivity index (χ0) is 15.0. The average Bonchev–Trinajstić information content (AvgIpc) is 2.39. The Morgan fingerprint density at radius 3 is 2.60 bits per heavy atom. The van der Waals surface area contributed by atoms with Gasteiger partial charge in [0.2, 0.25) is 0 Å². The van der Waals surface area contributed by atoms with Crippen LogP contribution in [-0.2, 0) is 4.79 Å². The maximum Gasteiger partial charge on any atom is 0.254 e. The van der Waals surface area contributed by atoms with E-state index in [2.05, 4.69) is 48.6 Å². The van der Waals surface area contributed by atoms with Crippen molar-refractivity contribution in [2.45, 2.75) is 33.1 Å². The zero-order valence-electron chi connectivity index (χ0n) is 12.1. The highest BCUT2D eigenvalue weighted by atomic mass is 16.2. The first-order chi connectivity index (χ1) is 9.52. The van der Waals surface area contributed by atoms with Crippen molar-refractivity contribution in [3.8, 4) is 6.07 Å². The Morgan fingerprint density at radius 2 is 2.05 bits per heavy atom. The molecule has 1 aromatic rings. The lowest BCUT2D eigenvalue weighted by molar-refractivity contribution is -0.120. The molecule has 0 saturated heterocycles. The number of amides is 1. The van der Waals surface area contributed by atoms with Crippen LogP contribution in [0.2, 0.25) is 0 Å². The number of rotatable bonds is 5. The first-order valence-electron chi connectivity index (χ1n) is 6.50. The molecule has 0 bridgehead atoms. The Balaban J connectivity index is 2.62. The minimum absolute atomic E-state index is 0.184. The van der Waals surface area contributed by atoms with Crippen LogP contribution in [0, 0.1) is 11.3 Å². The van der Waals surface area contributed by atoms with Crippen molar-refractivity contribution < 1.29 is 4.79 Å². The molecule has 20 heavy (non-hydrogen) atoms. The first-order valence-corrected chi connectivity index (χ1v) is 6.50. The van der Waals surface area contributed by atoms with Gasteiger partial charge >= 0.3 is 0 Å². The monoisotopic (exact) mass is 269 g/mol. The van der Waals surface area contributed by atoms with Crippen molar-refractivity contribution in [1.82, 2.24) is 5.43 Å². The molecule has 0 saturated carbocycles. The normalized spacial score (nSPS) is 11.7. The standard InChI is InChI=1S/C16H19N3O/c1-12(2)15-6-4-14(5-7-15)10-13(3)11-18-19-16(20)8-9-17/h4-7,10-12H,8H2,1-3H3,(H,19,20)/b13-10+,18-11?. The van der Waals surface area contributed by atoms with E-state index in [1.54, 1.807) is 12.3 Å². The van der Waals surface area contributed by atoms with E-state index >= 15 is 0 Å². The van der Waals surface area contributed by atoms with E-state index in [9.17, 15) is 4.79 Å². The second-order valence-corrected chi connectivity index (χ2v) is 4.84. The Morgan fingerprint density at radius 1 is 1.40 bits per heavy atom. The first kappa shape index (κ1) is 15.6. The lowest BCUT2D eigenvalue weighted by atomic mass is 10.0. The number of nitrogens with zero attached hydrogens (tertiary/aromatic N) is 2. The third-order valence-electron chi connectivity index (χ3n) is 2.69. The number of nitrogens with one attached hydrogen (secondary N) is 1. The summed E-state index contributed by atoms with van der Waals surface area (Å²) in [5, 5.41) is 12.1. The molecular weight excluding hydrogens is 250 g/mol. The molecule has 4 nitrogen and oxygen atoms in total. The topological polar surface area (TPSA) is 65.2 Å². The molecule has 0 unspecified atom stereocenters. The van der Waals surface area contributed by atoms with Gasteiger partial charge in [-0.3, -0.25) is 4.79 Å². The molecule has 1 amide bonds. The van der Waals surface area contributed by atoms with Crippen LogP contribution in [0.4, 0.5) is 0 Å². The van der Waals surface area contributed by atoms with Gasteiger partial charge < -0.3 is 0 Å². The Bertz CT molecular complexity index is 548. The van der Waals surface area contributed by atoms with Gasteiger partial charge in [-0.2, -0.15) is 10.4 Å². The lowest BCUT2D eigenvalue weighted by Crippen LogP contribution is -2.16. The minimum atomic E-state index is -0.405. The summed E-state index contributed by atoms with van der Waals surface area (Å²) in [4.78, 5) is 11.0. The Labute approximate surface area is 119 Å². The van der Waals surface area contributed by atoms with Crippen molar-refractivity contribution in [3.63, 3.8) is 0 Å². The molecule has 0 atom stereocenters. The van der Waals surface area contributed by atoms with E-state index < -0.39 is 5.91 Å². The fourth-order valence-electron chi connectivity index (χ4n) is 1.59. The van der Waals surface area contributed by atoms with Gasteiger partial charge in [-0.25, -0.2) is 5.43 Å². The molecular formula is C16H19N3O. The highest BCUT2D eigenvalue weighted by molar-refractivity contribution is 5.86. The SMILES string of the molecule is C/C(C=NNC(=O)CC#N)=C\c1ccc(C(C)C)cc1. The molecule has 0 heterocycles. The molecule has 1 N–H and O–H groups in total. The fraction of sp³-hybridized carbons (Fsp3) is 0.312. The smallest absolute Gasteiger partial charge is 0.254 e. The highest BCUT2D eigenvalue weighted by Gasteiger charge is 1.98. The van der Waals surface area contributed by atoms with Crippen LogP contribution in [0.25, 0.3) is 6.08 Å². The van der Waals surface area contributed by atoms with Gasteiger partial charge in [0, 0.05) is 0 Å². The molecule has 104 valence electrons. The van der Waals surface area contributed by atoms with Crippen LogP contribution < -0.4 is 5.43 Å². The van der Waals surface area contributed by atoms with E-state index in [-0.39, 0.29) is 6.42 Å². The summed E-state index contributed by atoms with van der Waals surface area (Å²) >= 11 is 0. The number of carbonyl (C=O) groups excluding carboxylic acids is 1. The molecule has 0 spiro atoms. The van der Waals surface area contributed by atoms with Gasteiger partial charge in [0.1, 0.15) is 6.42 Å². The van der Waals surface area contributed by atoms with Gasteiger partial charge in [0.15, 0.2) is 0 Å². The number of hydrogen-bond acceptors (Lipinski definition) is 3. The second-order valence-electron chi connectivity index (χ2n) is 4.84. The fourth-order valence-corrected chi connectivity index (χ4v) is 1.59. The quantitative estimate of drug-likeness (QED) is 0.658. The maximum atomic E-state index is 11.0. The van der Waals surface area contributed by atoms with Crippen LogP contribution in [0.1, 0.15) is 44.2 Å². The molecule has 0 aliphatic heterocycles. The number of allylic oxidation sites excluding steroid dienone is 1. The number of hydrazone groups is 1. The van der Waals surface area contributed by atoms with Crippen molar-refractivity contribution in [2.75, 3.05) is 0 Å². The largest absolute Gasteiger partial charge is 0.272 e. The van der Waals surface area contributed by atoms with Crippen LogP contribution in [0.15, 0.2) is 34.9 Å². The highest BCUT2D eigenvalue weighted by Crippen LogP contribution is 2.15. The zero-order valence-corrected chi connectivity index (χ0v) is 12.1. The lowest BCUT2D eigenvalue weighted by Gasteiger charge is -2.04. The maximum absolute atomic E-state index is 11.0. The molecule has 0 aromatic heterocycles. The predicted octanol–water partition coefficient (Wildman–Crippen LogP) is 3.23. The van der Waals surface area contributed by atoms with Gasteiger partial charge in [0.05, 0.1) is 12.3 Å². The third-order valence-corrected chi connectivity index (χ3v) is 2.69. The summed E-state index contributed by atoms with van der Waals surface area (Å²) in [6, 6.07) is 10.1. The van der Waals surface area contributed by atoms with Crippen LogP contribution in [0.5, 0.6) is 0 Å². The molecule has 4 heteroatoms. The summed E-state index contributed by atoms with van der Waals surface area (Å²) in [5.74, 6) is 0.115. The Hall–Kier alpha value is -2.41. The molecule has 0 aliphatic carbocycles. The summed E-state index contributed by atoms with van der Waals surface area (Å²) < 4.78 is 0. The number of carbonyl (C=O) groups is 1. The van der Waals surface area contributed by atoms with E-state index in [1.807, 2.05) is 13.0 Å². The summed E-state index contributed by atoms with van der Waals surface area (Å²) in [7, 11) is 0. The number of benzene rings is 1. The van der Waals surface area contributed by atoms with Gasteiger partial charge in [-0.15, -0.1) is 0 Å². The van der Waals surface area contributed by atoms with E-state index in [1.165, 1.54) is 5.56 Å². The van der Waals surface area contributed by atoms with Crippen molar-refractivity contribution in [2.24, 2.45) is 5.10 Å². The molecule has 0 radical (unpaired) electrons. The van der Waals surface area contributed by atoms with Gasteiger partial charge in [-0.1, -0.05) is 44.2 Å². The van der Waals surface area contributed by atoms with E-state index in [0.717, 1.165) is 11.1 Å². The summed E-state index contributed by atoms with van der Waals surface area (Å²) in [6.45, 7) is 6.22. The van der Waals surface area contributed by atoms with Crippen molar-refractivity contribution in [3.05, 3.63) is 41.0 Å². The Kier molecular flexibility index (Phi) is 6.18. The van der Waals surface area contributed by atoms with Crippen LogP contribution in [-0.4, -0.2) is 12.1 Å². The van der Waals surface area contributed by atoms with Crippen LogP contribution in [0.3, 0.4) is 0 Å². The predicted molar refractivity (Wildman–Crippen MR) is 81.0 cm³/mol. The molecule has 1 rings (SSSR count). The molecule has 0 fully saturated rings. The van der Waals surface area contributed by atoms with Crippen LogP contribution >= 0.6 is 0 Å². The molecule has 1 aromatic carbocycles. The minimum Gasteiger partial charge on any atom is -0.272 e.